The molecule has 8 bridgehead atoms. The summed E-state index contributed by atoms with van der Waals surface area (Å²) < 4.78 is 0. The zero-order valence-corrected chi connectivity index (χ0v) is 36.5. The molecular weight excluding hydrogens is 989 g/mol. The topological polar surface area (TPSA) is 92.7 Å². The Kier molecular flexibility index (Phi) is 8.08. The molecule has 9 aromatic carbocycles. The van der Waals surface area contributed by atoms with E-state index in [1.807, 2.05) is 24.3 Å². The molecule has 9 heteroatoms. The third-order valence-corrected chi connectivity index (χ3v) is 12.9. The second kappa shape index (κ2) is 14.0. The molecule has 0 unspecified atom stereocenters. The average Bonchev–Trinajstić information content (AvgIpc) is 4.04. The maximum Gasteiger partial charge on any atom is 2.00 e. The van der Waals surface area contributed by atoms with Crippen molar-refractivity contribution < 1.29 is 21.1 Å². The first-order valence-corrected chi connectivity index (χ1v) is 21.2. The van der Waals surface area contributed by atoms with Crippen LogP contribution in [0.1, 0.15) is 0 Å². The van der Waals surface area contributed by atoms with Crippen molar-refractivity contribution in [2.45, 2.75) is 0 Å². The Morgan fingerprint density at radius 2 is 0.703 bits per heavy atom. The van der Waals surface area contributed by atoms with Crippen LogP contribution < -0.4 is 9.97 Å². The van der Waals surface area contributed by atoms with E-state index in [0.29, 0.717) is 39.4 Å². The van der Waals surface area contributed by atoms with Gasteiger partial charge in [0, 0.05) is 44.1 Å². The first-order valence-electron chi connectivity index (χ1n) is 20.8. The molecule has 5 heterocycles. The minimum atomic E-state index is 0. The molecule has 0 N–H and O–H groups in total. The van der Waals surface area contributed by atoms with Gasteiger partial charge in [-0.1, -0.05) is 121 Å². The summed E-state index contributed by atoms with van der Waals surface area (Å²) in [6, 6.07) is 58.8. The van der Waals surface area contributed by atoms with Crippen LogP contribution in [0.4, 0.5) is 0 Å². The summed E-state index contributed by atoms with van der Waals surface area (Å²) in [7, 11) is 0. The van der Waals surface area contributed by atoms with E-state index in [1.54, 1.807) is 0 Å². The minimum Gasteiger partial charge on any atom is -0.435 e. The standard InChI is InChI=1S/C55H28ClN7.Pt/c56-38-19-17-29(18-20-38)47-48-39-21-30-9-1-3-11-32(30)23-41(39)50(57-48)59-52-43-25-34-13-5-7-15-36(34)27-45(43)54(61-52)63-55-46-28-37-16-8-6-14-35(37)26-44(46)53(62-55)60-51-42-24-33-12-4-2-10-31(33)22-40(42)49(47)58-51;/h1-28H;/q-2;+2. The van der Waals surface area contributed by atoms with Crippen LogP contribution in [-0.2, 0) is 21.1 Å². The van der Waals surface area contributed by atoms with Crippen LogP contribution >= 0.6 is 11.6 Å². The molecule has 0 aliphatic carbocycles. The van der Waals surface area contributed by atoms with Gasteiger partial charge in [-0.2, -0.15) is 0 Å². The number of hydrogen-bond donors (Lipinski definition) is 0. The number of aromatic nitrogens is 7. The molecule has 2 aliphatic heterocycles. The number of nitrogens with zero attached hydrogens (tertiary/aromatic N) is 7. The monoisotopic (exact) mass is 1020 g/mol. The molecule has 12 aromatic rings. The Balaban J connectivity index is 0.00000413. The Morgan fingerprint density at radius 1 is 0.344 bits per heavy atom. The fraction of sp³-hybridized carbons (Fsp3) is 0. The second-order valence-corrected chi connectivity index (χ2v) is 16.7. The maximum atomic E-state index is 6.59. The quantitative estimate of drug-likeness (QED) is 0.162. The number of benzene rings is 9. The summed E-state index contributed by atoms with van der Waals surface area (Å²) in [5.74, 6) is 1.62. The third kappa shape index (κ3) is 5.61. The fourth-order valence-electron chi connectivity index (χ4n) is 9.55. The molecule has 0 amide bonds. The van der Waals surface area contributed by atoms with Crippen molar-refractivity contribution in [3.05, 3.63) is 175 Å². The molecule has 0 radical (unpaired) electrons. The molecule has 0 spiro atoms. The summed E-state index contributed by atoms with van der Waals surface area (Å²) in [5.41, 5.74) is 8.48. The first kappa shape index (κ1) is 37.0. The molecule has 0 saturated heterocycles. The minimum absolute atomic E-state index is 0. The summed E-state index contributed by atoms with van der Waals surface area (Å²) in [6.07, 6.45) is 0. The summed E-state index contributed by atoms with van der Waals surface area (Å²) in [4.78, 5) is 37.7. The fourth-order valence-corrected chi connectivity index (χ4v) is 9.68. The molecular formula is C55H28ClN7Pt. The van der Waals surface area contributed by atoms with E-state index in [2.05, 4.69) is 146 Å². The zero-order valence-electron chi connectivity index (χ0n) is 33.5. The molecule has 3 aromatic heterocycles. The average molecular weight is 1020 g/mol. The third-order valence-electron chi connectivity index (χ3n) is 12.6. The summed E-state index contributed by atoms with van der Waals surface area (Å²) in [5, 5.41) is 12.9. The van der Waals surface area contributed by atoms with Crippen molar-refractivity contribution in [2.75, 3.05) is 0 Å². The molecule has 2 aliphatic rings. The summed E-state index contributed by atoms with van der Waals surface area (Å²) in [6.45, 7) is 0. The molecule has 14 rings (SSSR count). The number of hydrogen-bond acceptors (Lipinski definition) is 5. The van der Waals surface area contributed by atoms with Crippen LogP contribution in [0.25, 0.3) is 144 Å². The molecule has 300 valence electrons. The van der Waals surface area contributed by atoms with Crippen molar-refractivity contribution in [3.8, 4) is 56.5 Å². The van der Waals surface area contributed by atoms with Gasteiger partial charge < -0.3 is 24.9 Å². The Morgan fingerprint density at radius 3 is 1.17 bits per heavy atom. The van der Waals surface area contributed by atoms with E-state index >= 15 is 0 Å². The van der Waals surface area contributed by atoms with Crippen molar-refractivity contribution in [2.24, 2.45) is 0 Å². The van der Waals surface area contributed by atoms with Crippen LogP contribution in [0.3, 0.4) is 0 Å². The van der Waals surface area contributed by atoms with Gasteiger partial charge in [-0.25, -0.2) is 9.97 Å². The molecule has 7 nitrogen and oxygen atoms in total. The van der Waals surface area contributed by atoms with Gasteiger partial charge in [0.2, 0.25) is 0 Å². The van der Waals surface area contributed by atoms with Crippen molar-refractivity contribution in [1.29, 1.82) is 0 Å². The van der Waals surface area contributed by atoms with Crippen LogP contribution in [-0.4, -0.2) is 24.9 Å². The van der Waals surface area contributed by atoms with E-state index in [1.165, 1.54) is 0 Å². The van der Waals surface area contributed by atoms with Gasteiger partial charge in [-0.05, 0) is 142 Å². The smallest absolute Gasteiger partial charge is 0.435 e. The van der Waals surface area contributed by atoms with Gasteiger partial charge in [0.1, 0.15) is 0 Å². The van der Waals surface area contributed by atoms with Gasteiger partial charge in [-0.3, -0.25) is 0 Å². The zero-order chi connectivity index (χ0) is 41.3. The molecule has 0 atom stereocenters. The molecule has 64 heavy (non-hydrogen) atoms. The van der Waals surface area contributed by atoms with E-state index in [4.69, 9.17) is 46.5 Å². The normalized spacial score (nSPS) is 12.0. The SMILES string of the molecule is Clc1ccc(-c2c3nc(nc4[n-]c(nc5nc(nc6[n-]c2c2cc7ccccc7cc62)-c2cc6ccccc6cc2-5)c2cc5ccccc5cc42)-c2cc4ccccc4cc2-3)cc1.[Pt+2]. The second-order valence-electron chi connectivity index (χ2n) is 16.3. The van der Waals surface area contributed by atoms with Crippen molar-refractivity contribution >= 4 is 98.7 Å². The number of fused-ring (bicyclic) bond motifs is 24. The molecule has 0 saturated carbocycles. The molecule has 0 fully saturated rings. The van der Waals surface area contributed by atoms with Crippen LogP contribution in [0.15, 0.2) is 170 Å². The van der Waals surface area contributed by atoms with E-state index in [9.17, 15) is 0 Å². The van der Waals surface area contributed by atoms with Gasteiger partial charge in [0.15, 0.2) is 0 Å². The Bertz CT molecular complexity index is 4180. The van der Waals surface area contributed by atoms with Gasteiger partial charge in [0.05, 0.1) is 23.2 Å². The Labute approximate surface area is 383 Å². The number of halogens is 1. The van der Waals surface area contributed by atoms with E-state index < -0.39 is 0 Å². The van der Waals surface area contributed by atoms with Crippen LogP contribution in [0.2, 0.25) is 5.02 Å². The maximum absolute atomic E-state index is 6.59. The van der Waals surface area contributed by atoms with Gasteiger partial charge in [0.25, 0.3) is 0 Å². The number of rotatable bonds is 1. The van der Waals surface area contributed by atoms with E-state index in [0.717, 1.165) is 109 Å². The first-order chi connectivity index (χ1) is 31.1. The van der Waals surface area contributed by atoms with Gasteiger partial charge in [-0.15, -0.1) is 0 Å². The van der Waals surface area contributed by atoms with Crippen LogP contribution in [0.5, 0.6) is 0 Å². The Hall–Kier alpha value is -7.57. The predicted molar refractivity (Wildman–Crippen MR) is 257 cm³/mol. The van der Waals surface area contributed by atoms with Crippen molar-refractivity contribution in [1.82, 2.24) is 34.9 Å². The van der Waals surface area contributed by atoms with Crippen LogP contribution in [0, 0.1) is 0 Å². The van der Waals surface area contributed by atoms with Gasteiger partial charge >= 0.3 is 21.1 Å². The predicted octanol–water partition coefficient (Wildman–Crippen LogP) is 13.7. The summed E-state index contributed by atoms with van der Waals surface area (Å²) >= 11 is 6.59. The van der Waals surface area contributed by atoms with Crippen molar-refractivity contribution in [3.63, 3.8) is 0 Å². The largest absolute Gasteiger partial charge is 2.00 e. The van der Waals surface area contributed by atoms with E-state index in [-0.39, 0.29) is 21.1 Å².